The third kappa shape index (κ3) is 4.31. The van der Waals surface area contributed by atoms with Crippen molar-refractivity contribution in [1.82, 2.24) is 14.9 Å². The molecular weight excluding hydrogens is 306 g/mol. The Morgan fingerprint density at radius 3 is 2.84 bits per heavy atom. The number of hydrogen-bond acceptors (Lipinski definition) is 5. The molecule has 2 N–H and O–H groups in total. The maximum Gasteiger partial charge on any atom is 0.224 e. The average Bonchev–Trinajstić information content (AvgIpc) is 2.90. The molecule has 2 heterocycles. The van der Waals surface area contributed by atoms with Crippen LogP contribution in [0.4, 0.5) is 11.8 Å². The molecule has 1 aliphatic rings. The molecule has 0 aliphatic carbocycles. The molecule has 0 radical (unpaired) electrons. The van der Waals surface area contributed by atoms with Gasteiger partial charge < -0.3 is 15.5 Å². The van der Waals surface area contributed by atoms with Crippen LogP contribution in [0, 0.1) is 5.92 Å². The second kappa shape index (κ2) is 7.05. The summed E-state index contributed by atoms with van der Waals surface area (Å²) < 4.78 is 0.903. The Morgan fingerprint density at radius 2 is 2.16 bits per heavy atom. The Hall–Kier alpha value is -0.880. The molecule has 0 aromatic carbocycles. The largest absolute Gasteiger partial charge is 0.369 e. The summed E-state index contributed by atoms with van der Waals surface area (Å²) in [4.78, 5) is 11.1. The summed E-state index contributed by atoms with van der Waals surface area (Å²) in [5.41, 5.74) is 0. The highest BCUT2D eigenvalue weighted by atomic mass is 79.9. The highest BCUT2D eigenvalue weighted by Gasteiger charge is 2.15. The molecule has 0 spiro atoms. The van der Waals surface area contributed by atoms with Gasteiger partial charge in [-0.1, -0.05) is 6.92 Å². The van der Waals surface area contributed by atoms with E-state index in [-0.39, 0.29) is 0 Å². The molecule has 1 fully saturated rings. The summed E-state index contributed by atoms with van der Waals surface area (Å²) >= 11 is 3.47. The first-order valence-corrected chi connectivity index (χ1v) is 7.65. The Morgan fingerprint density at radius 1 is 1.42 bits per heavy atom. The minimum atomic E-state index is 0.609. The number of halogens is 1. The van der Waals surface area contributed by atoms with Crippen LogP contribution in [0.1, 0.15) is 19.8 Å². The van der Waals surface area contributed by atoms with E-state index >= 15 is 0 Å². The van der Waals surface area contributed by atoms with Crippen molar-refractivity contribution in [3.05, 3.63) is 10.7 Å². The van der Waals surface area contributed by atoms with Gasteiger partial charge in [-0.05, 0) is 47.8 Å². The minimum absolute atomic E-state index is 0.609. The van der Waals surface area contributed by atoms with Gasteiger partial charge in [-0.3, -0.25) is 0 Å². The topological polar surface area (TPSA) is 53.1 Å². The summed E-state index contributed by atoms with van der Waals surface area (Å²) in [6, 6.07) is 0. The Bertz CT molecular complexity index is 406. The number of hydrogen-bond donors (Lipinski definition) is 2. The predicted molar refractivity (Wildman–Crippen MR) is 82.6 cm³/mol. The van der Waals surface area contributed by atoms with E-state index in [2.05, 4.69) is 48.4 Å². The standard InChI is InChI=1S/C13H22BrN5/c1-10(9-19-5-3-4-6-19)7-16-12-11(14)8-17-13(15-2)18-12/h8,10H,3-7,9H2,1-2H3,(H2,15,16,17,18). The monoisotopic (exact) mass is 327 g/mol. The highest BCUT2D eigenvalue weighted by Crippen LogP contribution is 2.20. The normalized spacial score (nSPS) is 17.4. The van der Waals surface area contributed by atoms with Gasteiger partial charge in [-0.25, -0.2) is 4.98 Å². The lowest BCUT2D eigenvalue weighted by Gasteiger charge is -2.21. The number of aromatic nitrogens is 2. The fourth-order valence-corrected chi connectivity index (χ4v) is 2.68. The van der Waals surface area contributed by atoms with Crippen molar-refractivity contribution in [1.29, 1.82) is 0 Å². The maximum atomic E-state index is 4.40. The van der Waals surface area contributed by atoms with Crippen LogP contribution in [0.25, 0.3) is 0 Å². The second-order valence-corrected chi connectivity index (χ2v) is 5.99. The summed E-state index contributed by atoms with van der Waals surface area (Å²) in [5, 5.41) is 6.35. The molecule has 1 saturated heterocycles. The highest BCUT2D eigenvalue weighted by molar-refractivity contribution is 9.10. The second-order valence-electron chi connectivity index (χ2n) is 5.13. The van der Waals surface area contributed by atoms with E-state index in [4.69, 9.17) is 0 Å². The number of anilines is 2. The van der Waals surface area contributed by atoms with E-state index in [1.165, 1.54) is 25.9 Å². The summed E-state index contributed by atoms with van der Waals surface area (Å²) in [6.45, 7) is 6.88. The van der Waals surface area contributed by atoms with Gasteiger partial charge in [0.25, 0.3) is 0 Å². The van der Waals surface area contributed by atoms with E-state index in [0.717, 1.165) is 23.4 Å². The van der Waals surface area contributed by atoms with Crippen molar-refractivity contribution in [2.45, 2.75) is 19.8 Å². The quantitative estimate of drug-likeness (QED) is 0.840. The van der Waals surface area contributed by atoms with E-state index in [1.54, 1.807) is 6.20 Å². The van der Waals surface area contributed by atoms with Crippen LogP contribution in [0.15, 0.2) is 10.7 Å². The molecule has 106 valence electrons. The third-order valence-electron chi connectivity index (χ3n) is 3.35. The first kappa shape index (κ1) is 14.5. The van der Waals surface area contributed by atoms with Crippen molar-refractivity contribution in [2.24, 2.45) is 5.92 Å². The molecule has 1 aromatic heterocycles. The molecule has 0 saturated carbocycles. The molecule has 0 amide bonds. The predicted octanol–water partition coefficient (Wildman–Crippen LogP) is 2.42. The fraction of sp³-hybridized carbons (Fsp3) is 0.692. The zero-order valence-corrected chi connectivity index (χ0v) is 13.2. The SMILES string of the molecule is CNc1ncc(Br)c(NCC(C)CN2CCCC2)n1. The molecule has 2 rings (SSSR count). The van der Waals surface area contributed by atoms with Crippen molar-refractivity contribution in [2.75, 3.05) is 43.9 Å². The zero-order chi connectivity index (χ0) is 13.7. The van der Waals surface area contributed by atoms with Gasteiger partial charge in [-0.2, -0.15) is 4.98 Å². The minimum Gasteiger partial charge on any atom is -0.369 e. The Balaban J connectivity index is 1.83. The van der Waals surface area contributed by atoms with Crippen molar-refractivity contribution in [3.8, 4) is 0 Å². The number of likely N-dealkylation sites (tertiary alicyclic amines) is 1. The van der Waals surface area contributed by atoms with Crippen LogP contribution in [0.3, 0.4) is 0 Å². The molecular formula is C13H22BrN5. The molecule has 5 nitrogen and oxygen atoms in total. The smallest absolute Gasteiger partial charge is 0.224 e. The van der Waals surface area contributed by atoms with Gasteiger partial charge in [-0.15, -0.1) is 0 Å². The summed E-state index contributed by atoms with van der Waals surface area (Å²) in [7, 11) is 1.82. The number of nitrogens with one attached hydrogen (secondary N) is 2. The van der Waals surface area contributed by atoms with E-state index in [0.29, 0.717) is 11.9 Å². The lowest BCUT2D eigenvalue weighted by molar-refractivity contribution is 0.294. The van der Waals surface area contributed by atoms with Crippen LogP contribution < -0.4 is 10.6 Å². The number of nitrogens with zero attached hydrogens (tertiary/aromatic N) is 3. The van der Waals surface area contributed by atoms with E-state index in [9.17, 15) is 0 Å². The molecule has 6 heteroatoms. The van der Waals surface area contributed by atoms with Crippen LogP contribution in [-0.2, 0) is 0 Å². The average molecular weight is 328 g/mol. The number of rotatable bonds is 6. The summed E-state index contributed by atoms with van der Waals surface area (Å²) in [6.07, 6.45) is 4.47. The molecule has 19 heavy (non-hydrogen) atoms. The van der Waals surface area contributed by atoms with Crippen molar-refractivity contribution in [3.63, 3.8) is 0 Å². The van der Waals surface area contributed by atoms with Crippen molar-refractivity contribution >= 4 is 27.7 Å². The molecule has 1 unspecified atom stereocenters. The van der Waals surface area contributed by atoms with Crippen LogP contribution in [-0.4, -0.2) is 48.1 Å². The van der Waals surface area contributed by atoms with Crippen LogP contribution in [0.2, 0.25) is 0 Å². The first-order valence-electron chi connectivity index (χ1n) is 6.85. The Kier molecular flexibility index (Phi) is 5.39. The Labute approximate surface area is 123 Å². The van der Waals surface area contributed by atoms with Crippen molar-refractivity contribution < 1.29 is 0 Å². The van der Waals surface area contributed by atoms with E-state index in [1.807, 2.05) is 7.05 Å². The first-order chi connectivity index (χ1) is 9.19. The lowest BCUT2D eigenvalue weighted by atomic mass is 10.1. The molecule has 1 aliphatic heterocycles. The van der Waals surface area contributed by atoms with E-state index < -0.39 is 0 Å². The van der Waals surface area contributed by atoms with Crippen LogP contribution >= 0.6 is 15.9 Å². The van der Waals surface area contributed by atoms with Gasteiger partial charge >= 0.3 is 0 Å². The summed E-state index contributed by atoms with van der Waals surface area (Å²) in [5.74, 6) is 2.10. The lowest BCUT2D eigenvalue weighted by Crippen LogP contribution is -2.29. The van der Waals surface area contributed by atoms with Gasteiger partial charge in [0.2, 0.25) is 5.95 Å². The maximum absolute atomic E-state index is 4.40. The molecule has 1 aromatic rings. The molecule has 0 bridgehead atoms. The zero-order valence-electron chi connectivity index (χ0n) is 11.6. The third-order valence-corrected chi connectivity index (χ3v) is 3.93. The molecule has 1 atom stereocenters. The van der Waals surface area contributed by atoms with Crippen LogP contribution in [0.5, 0.6) is 0 Å². The fourth-order valence-electron chi connectivity index (χ4n) is 2.35. The van der Waals surface area contributed by atoms with Gasteiger partial charge in [0, 0.05) is 26.3 Å². The van der Waals surface area contributed by atoms with Gasteiger partial charge in [0.05, 0.1) is 4.47 Å². The van der Waals surface area contributed by atoms with Gasteiger partial charge in [0.1, 0.15) is 5.82 Å². The van der Waals surface area contributed by atoms with Gasteiger partial charge in [0.15, 0.2) is 0 Å².